The molecule has 1 aliphatic rings. The molecular weight excluding hydrogens is 328 g/mol. The van der Waals surface area contributed by atoms with Gasteiger partial charge in [0.25, 0.3) is 0 Å². The highest BCUT2D eigenvalue weighted by Crippen LogP contribution is 2.27. The summed E-state index contributed by atoms with van der Waals surface area (Å²) in [5.41, 5.74) is 2.82. The van der Waals surface area contributed by atoms with Crippen molar-refractivity contribution in [1.82, 2.24) is 10.6 Å². The second-order valence-corrected chi connectivity index (χ2v) is 6.11. The molecule has 2 amide bonds. The van der Waals surface area contributed by atoms with Crippen molar-refractivity contribution in [2.24, 2.45) is 0 Å². The third-order valence-electron chi connectivity index (χ3n) is 3.92. The smallest absolute Gasteiger partial charge is 0.315 e. The maximum Gasteiger partial charge on any atom is 0.315 e. The van der Waals surface area contributed by atoms with Gasteiger partial charge >= 0.3 is 6.03 Å². The summed E-state index contributed by atoms with van der Waals surface area (Å²) in [6.07, 6.45) is 0.0995. The number of aliphatic hydroxyl groups is 1. The van der Waals surface area contributed by atoms with E-state index in [4.69, 9.17) is 16.3 Å². The fourth-order valence-corrected chi connectivity index (χ4v) is 2.69. The summed E-state index contributed by atoms with van der Waals surface area (Å²) in [6, 6.07) is 12.5. The number of carbonyl (C=O) groups is 1. The second-order valence-electron chi connectivity index (χ2n) is 5.67. The lowest BCUT2D eigenvalue weighted by atomic mass is 10.0. The van der Waals surface area contributed by atoms with E-state index in [1.54, 1.807) is 12.1 Å². The molecular formula is C18H19ClN2O3. The van der Waals surface area contributed by atoms with Crippen LogP contribution in [-0.2, 0) is 13.0 Å². The van der Waals surface area contributed by atoms with E-state index in [9.17, 15) is 9.90 Å². The van der Waals surface area contributed by atoms with Crippen molar-refractivity contribution >= 4 is 17.6 Å². The largest absolute Gasteiger partial charge is 0.493 e. The number of aliphatic hydroxyl groups excluding tert-OH is 1. The number of carbonyl (C=O) groups excluding carboxylic acids is 1. The average molecular weight is 347 g/mol. The predicted molar refractivity (Wildman–Crippen MR) is 92.3 cm³/mol. The molecule has 1 atom stereocenters. The highest BCUT2D eigenvalue weighted by atomic mass is 35.5. The minimum absolute atomic E-state index is 0.145. The Bertz CT molecular complexity index is 719. The summed E-state index contributed by atoms with van der Waals surface area (Å²) in [5, 5.41) is 16.3. The van der Waals surface area contributed by atoms with E-state index in [-0.39, 0.29) is 12.6 Å². The summed E-state index contributed by atoms with van der Waals surface area (Å²) in [7, 11) is 0. The summed E-state index contributed by atoms with van der Waals surface area (Å²) in [6.45, 7) is 1.22. The average Bonchev–Trinajstić information content (AvgIpc) is 3.06. The van der Waals surface area contributed by atoms with E-state index >= 15 is 0 Å². The fourth-order valence-electron chi connectivity index (χ4n) is 2.57. The van der Waals surface area contributed by atoms with Gasteiger partial charge in [0.2, 0.25) is 0 Å². The van der Waals surface area contributed by atoms with E-state index in [1.165, 1.54) is 0 Å². The highest BCUT2D eigenvalue weighted by Gasteiger charge is 2.16. The second kappa shape index (κ2) is 7.55. The lowest BCUT2D eigenvalue weighted by Gasteiger charge is -2.14. The number of nitrogens with one attached hydrogen (secondary N) is 2. The number of hydrogen-bond acceptors (Lipinski definition) is 3. The van der Waals surface area contributed by atoms with E-state index in [0.717, 1.165) is 28.9 Å². The third kappa shape index (κ3) is 4.19. The Labute approximate surface area is 145 Å². The van der Waals surface area contributed by atoms with Crippen LogP contribution in [0, 0.1) is 0 Å². The van der Waals surface area contributed by atoms with Gasteiger partial charge in [0.15, 0.2) is 0 Å². The lowest BCUT2D eigenvalue weighted by molar-refractivity contribution is 0.173. The van der Waals surface area contributed by atoms with Crippen LogP contribution in [0.25, 0.3) is 0 Å². The molecule has 3 N–H and O–H groups in total. The SMILES string of the molecule is O=C(NCc1ccc(Cl)cc1)NC[C@@H](O)c1ccc2c(c1)CCO2. The number of urea groups is 1. The molecule has 0 bridgehead atoms. The zero-order chi connectivity index (χ0) is 16.9. The van der Waals surface area contributed by atoms with Crippen molar-refractivity contribution in [2.75, 3.05) is 13.2 Å². The molecule has 0 fully saturated rings. The summed E-state index contributed by atoms with van der Waals surface area (Å²) < 4.78 is 5.44. The van der Waals surface area contributed by atoms with Crippen LogP contribution in [0.2, 0.25) is 5.02 Å². The van der Waals surface area contributed by atoms with Gasteiger partial charge in [0.1, 0.15) is 5.75 Å². The molecule has 1 aliphatic heterocycles. The van der Waals surface area contributed by atoms with Crippen LogP contribution in [-0.4, -0.2) is 24.3 Å². The normalized spacial score (nSPS) is 13.8. The Balaban J connectivity index is 1.46. The summed E-state index contributed by atoms with van der Waals surface area (Å²) >= 11 is 5.82. The topological polar surface area (TPSA) is 70.6 Å². The highest BCUT2D eigenvalue weighted by molar-refractivity contribution is 6.30. The van der Waals surface area contributed by atoms with Crippen molar-refractivity contribution in [3.63, 3.8) is 0 Å². The number of fused-ring (bicyclic) bond motifs is 1. The lowest BCUT2D eigenvalue weighted by Crippen LogP contribution is -2.37. The molecule has 0 radical (unpaired) electrons. The quantitative estimate of drug-likeness (QED) is 0.779. The monoisotopic (exact) mass is 346 g/mol. The molecule has 5 nitrogen and oxygen atoms in total. The molecule has 0 aromatic heterocycles. The van der Waals surface area contributed by atoms with Crippen LogP contribution in [0.1, 0.15) is 22.8 Å². The van der Waals surface area contributed by atoms with Gasteiger partial charge in [-0.2, -0.15) is 0 Å². The van der Waals surface area contributed by atoms with E-state index in [0.29, 0.717) is 18.2 Å². The van der Waals surface area contributed by atoms with Crippen molar-refractivity contribution in [3.05, 3.63) is 64.2 Å². The van der Waals surface area contributed by atoms with Crippen LogP contribution >= 0.6 is 11.6 Å². The molecule has 126 valence electrons. The zero-order valence-electron chi connectivity index (χ0n) is 13.1. The number of rotatable bonds is 5. The number of halogens is 1. The van der Waals surface area contributed by atoms with Gasteiger partial charge in [0, 0.05) is 24.5 Å². The predicted octanol–water partition coefficient (Wildman–Crippen LogP) is 2.81. The molecule has 1 heterocycles. The first kappa shape index (κ1) is 16.6. The van der Waals surface area contributed by atoms with Gasteiger partial charge in [0.05, 0.1) is 12.7 Å². The Morgan fingerprint density at radius 3 is 2.79 bits per heavy atom. The summed E-state index contributed by atoms with van der Waals surface area (Å²) in [5.74, 6) is 0.875. The maximum absolute atomic E-state index is 11.8. The van der Waals surface area contributed by atoms with E-state index < -0.39 is 6.10 Å². The van der Waals surface area contributed by atoms with E-state index in [2.05, 4.69) is 10.6 Å². The molecule has 0 aliphatic carbocycles. The number of ether oxygens (including phenoxy) is 1. The van der Waals surface area contributed by atoms with Gasteiger partial charge in [-0.15, -0.1) is 0 Å². The van der Waals surface area contributed by atoms with Crippen molar-refractivity contribution in [2.45, 2.75) is 19.1 Å². The van der Waals surface area contributed by atoms with Crippen molar-refractivity contribution in [1.29, 1.82) is 0 Å². The third-order valence-corrected chi connectivity index (χ3v) is 4.17. The molecule has 6 heteroatoms. The Kier molecular flexibility index (Phi) is 5.23. The van der Waals surface area contributed by atoms with Crippen LogP contribution < -0.4 is 15.4 Å². The molecule has 0 saturated carbocycles. The Morgan fingerprint density at radius 2 is 2.00 bits per heavy atom. The number of benzene rings is 2. The Morgan fingerprint density at radius 1 is 1.21 bits per heavy atom. The Hall–Kier alpha value is -2.24. The van der Waals surface area contributed by atoms with Gasteiger partial charge in [-0.05, 0) is 41.0 Å². The fraction of sp³-hybridized carbons (Fsp3) is 0.278. The molecule has 2 aromatic rings. The maximum atomic E-state index is 11.8. The number of hydrogen-bond donors (Lipinski definition) is 3. The van der Waals surface area contributed by atoms with Crippen LogP contribution in [0.15, 0.2) is 42.5 Å². The zero-order valence-corrected chi connectivity index (χ0v) is 13.8. The van der Waals surface area contributed by atoms with Crippen LogP contribution in [0.3, 0.4) is 0 Å². The first-order chi connectivity index (χ1) is 11.6. The minimum Gasteiger partial charge on any atom is -0.493 e. The standard InChI is InChI=1S/C18H19ClN2O3/c19-15-4-1-12(2-5-15)10-20-18(23)21-11-16(22)13-3-6-17-14(9-13)7-8-24-17/h1-6,9,16,22H,7-8,10-11H2,(H2,20,21,23)/t16-/m1/s1. The molecule has 2 aromatic carbocycles. The minimum atomic E-state index is -0.753. The first-order valence-corrected chi connectivity index (χ1v) is 8.19. The molecule has 24 heavy (non-hydrogen) atoms. The molecule has 3 rings (SSSR count). The molecule has 0 unspecified atom stereocenters. The first-order valence-electron chi connectivity index (χ1n) is 7.81. The summed E-state index contributed by atoms with van der Waals surface area (Å²) in [4.78, 5) is 11.8. The van der Waals surface area contributed by atoms with Crippen molar-refractivity contribution < 1.29 is 14.6 Å². The van der Waals surface area contributed by atoms with Gasteiger partial charge in [-0.1, -0.05) is 29.8 Å². The molecule has 0 saturated heterocycles. The van der Waals surface area contributed by atoms with Crippen molar-refractivity contribution in [3.8, 4) is 5.75 Å². The molecule has 0 spiro atoms. The number of amides is 2. The van der Waals surface area contributed by atoms with Crippen LogP contribution in [0.5, 0.6) is 5.75 Å². The van der Waals surface area contributed by atoms with E-state index in [1.807, 2.05) is 30.3 Å². The van der Waals surface area contributed by atoms with Crippen LogP contribution in [0.4, 0.5) is 4.79 Å². The van der Waals surface area contributed by atoms with Gasteiger partial charge in [-0.3, -0.25) is 0 Å². The van der Waals surface area contributed by atoms with Gasteiger partial charge < -0.3 is 20.5 Å². The van der Waals surface area contributed by atoms with Gasteiger partial charge in [-0.25, -0.2) is 4.79 Å².